The maximum absolute atomic E-state index is 13.2. The molecule has 44 heavy (non-hydrogen) atoms. The van der Waals surface area contributed by atoms with Gasteiger partial charge >= 0.3 is 0 Å². The van der Waals surface area contributed by atoms with Gasteiger partial charge in [-0.2, -0.15) is 0 Å². The molecule has 2 amide bonds. The van der Waals surface area contributed by atoms with Crippen LogP contribution in [0.3, 0.4) is 0 Å². The van der Waals surface area contributed by atoms with E-state index < -0.39 is 6.29 Å². The van der Waals surface area contributed by atoms with E-state index in [2.05, 4.69) is 10.6 Å². The second-order valence-corrected chi connectivity index (χ2v) is 11.7. The molecule has 1 aliphatic heterocycles. The molecule has 3 atom stereocenters. The van der Waals surface area contributed by atoms with Crippen LogP contribution in [0.25, 0.3) is 0 Å². The predicted molar refractivity (Wildman–Crippen MR) is 171 cm³/mol. The summed E-state index contributed by atoms with van der Waals surface area (Å²) in [6.07, 6.45) is -0.518. The standard InChI is InChI=1S/C35H34N2O6S/c1-22(39)26-5-4-8-30(18-26)37-34(41)27-6-3-7-28(17-27)35-42-31(19-33(43-35)25-11-9-24(20-38)10-12-25)21-44-32-15-13-29(14-16-32)36-23(2)40/h3-18,31,33,35,38H,19-21H2,1-2H3,(H,36,40)(H,37,41). The highest BCUT2D eigenvalue weighted by Crippen LogP contribution is 2.39. The van der Waals surface area contributed by atoms with Crippen molar-refractivity contribution in [3.05, 3.63) is 125 Å². The first-order valence-corrected chi connectivity index (χ1v) is 15.3. The first-order valence-electron chi connectivity index (χ1n) is 14.3. The van der Waals surface area contributed by atoms with Gasteiger partial charge in [-0.1, -0.05) is 48.5 Å². The Labute approximate surface area is 260 Å². The van der Waals surface area contributed by atoms with Gasteiger partial charge in [-0.05, 0) is 66.6 Å². The van der Waals surface area contributed by atoms with Crippen molar-refractivity contribution in [2.45, 2.75) is 50.3 Å². The van der Waals surface area contributed by atoms with Gasteiger partial charge < -0.3 is 25.2 Å². The van der Waals surface area contributed by atoms with Gasteiger partial charge in [0.2, 0.25) is 5.91 Å². The Kier molecular flexibility index (Phi) is 10.2. The number of benzene rings is 4. The van der Waals surface area contributed by atoms with Crippen LogP contribution < -0.4 is 10.6 Å². The van der Waals surface area contributed by atoms with Crippen LogP contribution in [-0.4, -0.2) is 34.6 Å². The lowest BCUT2D eigenvalue weighted by atomic mass is 10.0. The normalized spacial score (nSPS) is 17.9. The SMILES string of the molecule is CC(=O)Nc1ccc(SCC2CC(c3ccc(CO)cc3)OC(c3cccc(C(=O)Nc4cccc(C(C)=O)c4)c3)O2)cc1. The number of rotatable bonds is 10. The summed E-state index contributed by atoms with van der Waals surface area (Å²) in [5.74, 6) is 0.158. The number of carbonyl (C=O) groups is 3. The van der Waals surface area contributed by atoms with E-state index in [0.717, 1.165) is 21.7 Å². The van der Waals surface area contributed by atoms with Gasteiger partial charge in [-0.15, -0.1) is 11.8 Å². The summed E-state index contributed by atoms with van der Waals surface area (Å²) in [5.41, 5.74) is 4.73. The summed E-state index contributed by atoms with van der Waals surface area (Å²) in [5, 5.41) is 15.1. The number of ketones is 1. The average Bonchev–Trinajstić information content (AvgIpc) is 3.04. The molecule has 0 bridgehead atoms. The summed E-state index contributed by atoms with van der Waals surface area (Å²) in [4.78, 5) is 37.3. The van der Waals surface area contributed by atoms with E-state index in [4.69, 9.17) is 9.47 Å². The topological polar surface area (TPSA) is 114 Å². The monoisotopic (exact) mass is 610 g/mol. The van der Waals surface area contributed by atoms with E-state index in [1.54, 1.807) is 54.2 Å². The van der Waals surface area contributed by atoms with Gasteiger partial charge in [0.25, 0.3) is 5.91 Å². The Balaban J connectivity index is 1.33. The van der Waals surface area contributed by atoms with Gasteiger partial charge in [0, 0.05) is 52.1 Å². The van der Waals surface area contributed by atoms with Crippen LogP contribution in [0.5, 0.6) is 0 Å². The highest BCUT2D eigenvalue weighted by atomic mass is 32.2. The Morgan fingerprint density at radius 1 is 0.795 bits per heavy atom. The third kappa shape index (κ3) is 8.21. The minimum absolute atomic E-state index is 0.0363. The lowest BCUT2D eigenvalue weighted by Crippen LogP contribution is -2.31. The summed E-state index contributed by atoms with van der Waals surface area (Å²) >= 11 is 1.65. The molecule has 0 radical (unpaired) electrons. The molecule has 3 N–H and O–H groups in total. The average molecular weight is 611 g/mol. The molecule has 1 fully saturated rings. The summed E-state index contributed by atoms with van der Waals surface area (Å²) in [6, 6.07) is 29.3. The van der Waals surface area contributed by atoms with Gasteiger partial charge in [0.1, 0.15) is 0 Å². The molecule has 4 aromatic rings. The number of carbonyl (C=O) groups excluding carboxylic acids is 3. The lowest BCUT2D eigenvalue weighted by molar-refractivity contribution is -0.245. The maximum atomic E-state index is 13.2. The van der Waals surface area contributed by atoms with E-state index in [9.17, 15) is 19.5 Å². The minimum atomic E-state index is -0.715. The van der Waals surface area contributed by atoms with Crippen LogP contribution in [0.4, 0.5) is 11.4 Å². The maximum Gasteiger partial charge on any atom is 0.255 e. The molecule has 1 heterocycles. The zero-order valence-electron chi connectivity index (χ0n) is 24.5. The van der Waals surface area contributed by atoms with Crippen LogP contribution >= 0.6 is 11.8 Å². The third-order valence-electron chi connectivity index (χ3n) is 7.17. The van der Waals surface area contributed by atoms with Crippen molar-refractivity contribution in [3.8, 4) is 0 Å². The fourth-order valence-electron chi connectivity index (χ4n) is 4.90. The summed E-state index contributed by atoms with van der Waals surface area (Å²) in [7, 11) is 0. The third-order valence-corrected chi connectivity index (χ3v) is 8.32. The van der Waals surface area contributed by atoms with Crippen molar-refractivity contribution < 1.29 is 29.0 Å². The van der Waals surface area contributed by atoms with Gasteiger partial charge in [-0.25, -0.2) is 0 Å². The van der Waals surface area contributed by atoms with Crippen LogP contribution in [0.2, 0.25) is 0 Å². The zero-order chi connectivity index (χ0) is 31.1. The number of Topliss-reactive ketones (excluding diaryl/α,β-unsaturated/α-hetero) is 1. The second-order valence-electron chi connectivity index (χ2n) is 10.6. The predicted octanol–water partition coefficient (Wildman–Crippen LogP) is 6.93. The number of aliphatic hydroxyl groups excluding tert-OH is 1. The molecular weight excluding hydrogens is 576 g/mol. The van der Waals surface area contributed by atoms with Crippen LogP contribution in [0.1, 0.15) is 70.1 Å². The van der Waals surface area contributed by atoms with Gasteiger partial charge in [-0.3, -0.25) is 14.4 Å². The van der Waals surface area contributed by atoms with E-state index in [-0.39, 0.29) is 36.4 Å². The highest BCUT2D eigenvalue weighted by molar-refractivity contribution is 7.99. The molecule has 3 unspecified atom stereocenters. The van der Waals surface area contributed by atoms with Crippen molar-refractivity contribution in [1.29, 1.82) is 0 Å². The highest BCUT2D eigenvalue weighted by Gasteiger charge is 2.32. The second kappa shape index (κ2) is 14.5. The molecule has 8 nitrogen and oxygen atoms in total. The Morgan fingerprint density at radius 2 is 1.52 bits per heavy atom. The van der Waals surface area contributed by atoms with Crippen LogP contribution in [0.15, 0.2) is 102 Å². The van der Waals surface area contributed by atoms with Crippen molar-refractivity contribution in [2.75, 3.05) is 16.4 Å². The molecule has 226 valence electrons. The number of anilines is 2. The Hall–Kier alpha value is -4.28. The van der Waals surface area contributed by atoms with Crippen molar-refractivity contribution in [2.24, 2.45) is 0 Å². The van der Waals surface area contributed by atoms with E-state index in [0.29, 0.717) is 34.6 Å². The number of aliphatic hydroxyl groups is 1. The van der Waals surface area contributed by atoms with Crippen LogP contribution in [0, 0.1) is 0 Å². The molecule has 9 heteroatoms. The molecule has 1 aliphatic rings. The fraction of sp³-hybridized carbons (Fsp3) is 0.229. The molecule has 5 rings (SSSR count). The molecule has 4 aromatic carbocycles. The fourth-order valence-corrected chi connectivity index (χ4v) is 5.82. The van der Waals surface area contributed by atoms with E-state index in [1.807, 2.05) is 54.6 Å². The molecule has 0 aromatic heterocycles. The minimum Gasteiger partial charge on any atom is -0.392 e. The number of nitrogens with one attached hydrogen (secondary N) is 2. The Morgan fingerprint density at radius 3 is 2.23 bits per heavy atom. The van der Waals surface area contributed by atoms with Crippen LogP contribution in [-0.2, 0) is 20.9 Å². The number of hydrogen-bond acceptors (Lipinski definition) is 7. The molecule has 1 saturated heterocycles. The van der Waals surface area contributed by atoms with Gasteiger partial charge in [0.15, 0.2) is 12.1 Å². The number of hydrogen-bond donors (Lipinski definition) is 3. The number of ether oxygens (including phenoxy) is 2. The molecular formula is C35H34N2O6S. The van der Waals surface area contributed by atoms with Crippen molar-refractivity contribution in [1.82, 2.24) is 0 Å². The van der Waals surface area contributed by atoms with Crippen molar-refractivity contribution >= 4 is 40.7 Å². The van der Waals surface area contributed by atoms with E-state index in [1.165, 1.54) is 13.8 Å². The molecule has 0 saturated carbocycles. The number of amides is 2. The first-order chi connectivity index (χ1) is 21.3. The lowest BCUT2D eigenvalue weighted by Gasteiger charge is -2.36. The summed E-state index contributed by atoms with van der Waals surface area (Å²) < 4.78 is 12.9. The van der Waals surface area contributed by atoms with E-state index >= 15 is 0 Å². The van der Waals surface area contributed by atoms with Crippen molar-refractivity contribution in [3.63, 3.8) is 0 Å². The molecule has 0 spiro atoms. The number of thioether (sulfide) groups is 1. The quantitative estimate of drug-likeness (QED) is 0.132. The smallest absolute Gasteiger partial charge is 0.255 e. The largest absolute Gasteiger partial charge is 0.392 e. The Bertz CT molecular complexity index is 1620. The van der Waals surface area contributed by atoms with Gasteiger partial charge in [0.05, 0.1) is 18.8 Å². The zero-order valence-corrected chi connectivity index (χ0v) is 25.3. The molecule has 0 aliphatic carbocycles. The first kappa shape index (κ1) is 31.2. The summed E-state index contributed by atoms with van der Waals surface area (Å²) in [6.45, 7) is 2.93.